The molecule has 128 valence electrons. The van der Waals surface area contributed by atoms with Crippen LogP contribution in [0.1, 0.15) is 39.3 Å². The van der Waals surface area contributed by atoms with Crippen molar-refractivity contribution in [3.8, 4) is 0 Å². The molecule has 1 aliphatic heterocycles. The first-order chi connectivity index (χ1) is 10.8. The first kappa shape index (κ1) is 18.2. The van der Waals surface area contributed by atoms with Crippen molar-refractivity contribution < 1.29 is 14.3 Å². The van der Waals surface area contributed by atoms with Gasteiger partial charge in [0.1, 0.15) is 5.60 Å². The molecule has 23 heavy (non-hydrogen) atoms. The van der Waals surface area contributed by atoms with Crippen LogP contribution in [0.25, 0.3) is 0 Å². The Morgan fingerprint density at radius 3 is 2.57 bits per heavy atom. The molecule has 0 aliphatic carbocycles. The Hall–Kier alpha value is -1.14. The molecule has 1 fully saturated rings. The maximum absolute atomic E-state index is 12.2. The lowest BCUT2D eigenvalue weighted by molar-refractivity contribution is 0.00925. The number of aromatic nitrogens is 1. The van der Waals surface area contributed by atoms with E-state index in [2.05, 4.69) is 20.9 Å². The summed E-state index contributed by atoms with van der Waals surface area (Å²) < 4.78 is 11.9. The van der Waals surface area contributed by atoms with Crippen LogP contribution in [0.4, 0.5) is 4.79 Å². The number of piperidine rings is 1. The molecule has 1 saturated heterocycles. The van der Waals surface area contributed by atoms with Crippen LogP contribution in [0.15, 0.2) is 22.8 Å². The summed E-state index contributed by atoms with van der Waals surface area (Å²) >= 11 is 3.51. The molecule has 1 aliphatic rings. The van der Waals surface area contributed by atoms with Gasteiger partial charge >= 0.3 is 6.09 Å². The van der Waals surface area contributed by atoms with Crippen LogP contribution >= 0.6 is 15.9 Å². The van der Waals surface area contributed by atoms with E-state index in [-0.39, 0.29) is 11.5 Å². The van der Waals surface area contributed by atoms with Crippen molar-refractivity contribution in [2.75, 3.05) is 26.8 Å². The number of carbonyl (C=O) groups is 1. The van der Waals surface area contributed by atoms with Crippen molar-refractivity contribution in [1.82, 2.24) is 9.88 Å². The van der Waals surface area contributed by atoms with Gasteiger partial charge in [0.25, 0.3) is 0 Å². The molecule has 1 aromatic rings. The number of carbonyl (C=O) groups excluding carboxylic acids is 1. The topological polar surface area (TPSA) is 51.7 Å². The van der Waals surface area contributed by atoms with Gasteiger partial charge in [-0.1, -0.05) is 15.9 Å². The minimum atomic E-state index is -0.468. The maximum Gasteiger partial charge on any atom is 0.410 e. The molecular weight excluding hydrogens is 360 g/mol. The Kier molecular flexibility index (Phi) is 5.68. The van der Waals surface area contributed by atoms with Crippen molar-refractivity contribution in [3.05, 3.63) is 28.5 Å². The van der Waals surface area contributed by atoms with Gasteiger partial charge in [-0.05, 0) is 45.7 Å². The maximum atomic E-state index is 12.2. The van der Waals surface area contributed by atoms with Crippen LogP contribution in [0.3, 0.4) is 0 Å². The highest BCUT2D eigenvalue weighted by molar-refractivity contribution is 9.10. The molecule has 1 amide bonds. The number of hydrogen-bond acceptors (Lipinski definition) is 4. The van der Waals surface area contributed by atoms with Gasteiger partial charge < -0.3 is 14.4 Å². The number of hydrogen-bond donors (Lipinski definition) is 0. The van der Waals surface area contributed by atoms with Crippen LogP contribution in [0, 0.1) is 0 Å². The fraction of sp³-hybridized carbons (Fsp3) is 0.647. The van der Waals surface area contributed by atoms with Crippen molar-refractivity contribution in [1.29, 1.82) is 0 Å². The SMILES string of the molecule is COCC1(c2cc(Br)ccn2)CCN(C(=O)OC(C)(C)C)CC1. The van der Waals surface area contributed by atoms with E-state index in [1.54, 1.807) is 18.2 Å². The molecular formula is C17H25BrN2O3. The first-order valence-corrected chi connectivity index (χ1v) is 8.64. The second kappa shape index (κ2) is 7.18. The fourth-order valence-electron chi connectivity index (χ4n) is 2.89. The number of halogens is 1. The number of ether oxygens (including phenoxy) is 2. The van der Waals surface area contributed by atoms with Gasteiger partial charge in [0.15, 0.2) is 0 Å². The van der Waals surface area contributed by atoms with Crippen LogP contribution in [-0.4, -0.2) is 48.4 Å². The molecule has 0 aromatic carbocycles. The molecule has 0 saturated carbocycles. The second-order valence-corrected chi connectivity index (χ2v) is 7.96. The summed E-state index contributed by atoms with van der Waals surface area (Å²) in [5.41, 5.74) is 0.388. The normalized spacial score (nSPS) is 17.9. The van der Waals surface area contributed by atoms with E-state index in [4.69, 9.17) is 9.47 Å². The lowest BCUT2D eigenvalue weighted by Crippen LogP contribution is -2.48. The quantitative estimate of drug-likeness (QED) is 0.795. The van der Waals surface area contributed by atoms with E-state index in [1.165, 1.54) is 0 Å². The molecule has 2 heterocycles. The number of likely N-dealkylation sites (tertiary alicyclic amines) is 1. The summed E-state index contributed by atoms with van der Waals surface area (Å²) in [7, 11) is 1.71. The minimum Gasteiger partial charge on any atom is -0.444 e. The average molecular weight is 385 g/mol. The Morgan fingerprint density at radius 1 is 1.39 bits per heavy atom. The summed E-state index contributed by atoms with van der Waals surface area (Å²) in [5, 5.41) is 0. The molecule has 2 rings (SSSR count). The first-order valence-electron chi connectivity index (χ1n) is 7.85. The average Bonchev–Trinajstić information content (AvgIpc) is 2.46. The number of pyridine rings is 1. The van der Waals surface area contributed by atoms with E-state index < -0.39 is 5.60 Å². The van der Waals surface area contributed by atoms with E-state index in [9.17, 15) is 4.79 Å². The lowest BCUT2D eigenvalue weighted by Gasteiger charge is -2.41. The monoisotopic (exact) mass is 384 g/mol. The molecule has 0 spiro atoms. The Morgan fingerprint density at radius 2 is 2.04 bits per heavy atom. The van der Waals surface area contributed by atoms with Gasteiger partial charge in [-0.3, -0.25) is 4.98 Å². The van der Waals surface area contributed by atoms with E-state index in [0.29, 0.717) is 19.7 Å². The van der Waals surface area contributed by atoms with Crippen LogP contribution in [0.5, 0.6) is 0 Å². The zero-order valence-electron chi connectivity index (χ0n) is 14.3. The van der Waals surface area contributed by atoms with Gasteiger partial charge in [0.05, 0.1) is 12.3 Å². The fourth-order valence-corrected chi connectivity index (χ4v) is 3.22. The summed E-state index contributed by atoms with van der Waals surface area (Å²) in [6.07, 6.45) is 3.18. The number of methoxy groups -OCH3 is 1. The Balaban J connectivity index is 2.10. The highest BCUT2D eigenvalue weighted by Crippen LogP contribution is 2.36. The molecule has 5 nitrogen and oxygen atoms in total. The van der Waals surface area contributed by atoms with Gasteiger partial charge in [-0.2, -0.15) is 0 Å². The van der Waals surface area contributed by atoms with Crippen molar-refractivity contribution >= 4 is 22.0 Å². The van der Waals surface area contributed by atoms with Gasteiger partial charge in [0.2, 0.25) is 0 Å². The third-order valence-corrected chi connectivity index (χ3v) is 4.55. The molecule has 0 N–H and O–H groups in total. The Labute approximate surface area is 146 Å². The zero-order valence-corrected chi connectivity index (χ0v) is 15.9. The standard InChI is InChI=1S/C17H25BrN2O3/c1-16(2,3)23-15(21)20-9-6-17(7-10-20,12-22-4)14-11-13(18)5-8-19-14/h5,8,11H,6-7,9-10,12H2,1-4H3. The summed E-state index contributed by atoms with van der Waals surface area (Å²) in [6.45, 7) is 7.54. The third kappa shape index (κ3) is 4.67. The van der Waals surface area contributed by atoms with Crippen molar-refractivity contribution in [2.24, 2.45) is 0 Å². The zero-order chi connectivity index (χ0) is 17.1. The molecule has 1 aromatic heterocycles. The second-order valence-electron chi connectivity index (χ2n) is 7.04. The molecule has 0 radical (unpaired) electrons. The van der Waals surface area contributed by atoms with Gasteiger partial charge in [-0.25, -0.2) is 4.79 Å². The summed E-state index contributed by atoms with van der Waals surface area (Å²) in [5.74, 6) is 0. The van der Waals surface area contributed by atoms with Gasteiger partial charge in [-0.15, -0.1) is 0 Å². The van der Waals surface area contributed by atoms with Crippen LogP contribution in [-0.2, 0) is 14.9 Å². The number of rotatable bonds is 3. The summed E-state index contributed by atoms with van der Waals surface area (Å²) in [6, 6.07) is 3.96. The highest BCUT2D eigenvalue weighted by atomic mass is 79.9. The van der Waals surface area contributed by atoms with E-state index >= 15 is 0 Å². The smallest absolute Gasteiger partial charge is 0.410 e. The van der Waals surface area contributed by atoms with Crippen LogP contribution in [0.2, 0.25) is 0 Å². The Bertz CT molecular complexity index is 549. The van der Waals surface area contributed by atoms with Gasteiger partial charge in [0, 0.05) is 36.3 Å². The number of nitrogens with zero attached hydrogens (tertiary/aromatic N) is 2. The van der Waals surface area contributed by atoms with Crippen molar-refractivity contribution in [2.45, 2.75) is 44.6 Å². The van der Waals surface area contributed by atoms with Crippen LogP contribution < -0.4 is 0 Å². The molecule has 0 atom stereocenters. The van der Waals surface area contributed by atoms with E-state index in [1.807, 2.05) is 32.9 Å². The molecule has 0 bridgehead atoms. The molecule has 0 unspecified atom stereocenters. The molecule has 6 heteroatoms. The predicted molar refractivity (Wildman–Crippen MR) is 92.5 cm³/mol. The third-order valence-electron chi connectivity index (χ3n) is 4.06. The lowest BCUT2D eigenvalue weighted by atomic mass is 9.76. The largest absolute Gasteiger partial charge is 0.444 e. The van der Waals surface area contributed by atoms with Crippen molar-refractivity contribution in [3.63, 3.8) is 0 Å². The highest BCUT2D eigenvalue weighted by Gasteiger charge is 2.39. The summed E-state index contributed by atoms with van der Waals surface area (Å²) in [4.78, 5) is 18.5. The predicted octanol–water partition coefficient (Wildman–Crippen LogP) is 3.76. The number of amides is 1. The minimum absolute atomic E-state index is 0.156. The van der Waals surface area contributed by atoms with E-state index in [0.717, 1.165) is 23.0 Å².